The Kier molecular flexibility index (Phi) is 6.49. The Labute approximate surface area is 130 Å². The van der Waals surface area contributed by atoms with E-state index in [2.05, 4.69) is 23.6 Å². The number of likely N-dealkylation sites (tertiary alicyclic amines) is 1. The summed E-state index contributed by atoms with van der Waals surface area (Å²) in [6.45, 7) is 6.44. The molecular formula is C17H33N3O. The smallest absolute Gasteiger partial charge is 0.237 e. The zero-order valence-electron chi connectivity index (χ0n) is 13.9. The molecule has 2 rings (SSSR count). The molecule has 4 nitrogen and oxygen atoms in total. The van der Waals surface area contributed by atoms with Crippen LogP contribution in [-0.2, 0) is 4.79 Å². The normalized spacial score (nSPS) is 28.5. The standard InChI is InChI=1S/C17H33N3O/c1-3-19(15-9-5-4-6-10-15)17(21)13-20-14(2)8-7-11-16(20)12-18/h14-16H,3-13,18H2,1-2H3. The van der Waals surface area contributed by atoms with E-state index in [1.165, 1.54) is 44.9 Å². The fourth-order valence-electron chi connectivity index (χ4n) is 4.16. The van der Waals surface area contributed by atoms with E-state index in [1.807, 2.05) is 0 Å². The Balaban J connectivity index is 1.96. The maximum atomic E-state index is 12.8. The van der Waals surface area contributed by atoms with Crippen molar-refractivity contribution in [2.75, 3.05) is 19.6 Å². The number of carbonyl (C=O) groups is 1. The zero-order chi connectivity index (χ0) is 15.2. The minimum absolute atomic E-state index is 0.316. The minimum atomic E-state index is 0.316. The van der Waals surface area contributed by atoms with Crippen LogP contribution in [0.25, 0.3) is 0 Å². The third-order valence-electron chi connectivity index (χ3n) is 5.46. The van der Waals surface area contributed by atoms with Crippen molar-refractivity contribution in [2.45, 2.75) is 83.3 Å². The summed E-state index contributed by atoms with van der Waals surface area (Å²) >= 11 is 0. The molecule has 0 radical (unpaired) electrons. The molecule has 21 heavy (non-hydrogen) atoms. The second kappa shape index (κ2) is 8.14. The highest BCUT2D eigenvalue weighted by molar-refractivity contribution is 5.78. The lowest BCUT2D eigenvalue weighted by molar-refractivity contribution is -0.137. The summed E-state index contributed by atoms with van der Waals surface area (Å²) in [5, 5.41) is 0. The van der Waals surface area contributed by atoms with Gasteiger partial charge in [0, 0.05) is 31.2 Å². The van der Waals surface area contributed by atoms with Gasteiger partial charge in [0.05, 0.1) is 6.54 Å². The number of rotatable bonds is 5. The van der Waals surface area contributed by atoms with Crippen molar-refractivity contribution in [3.8, 4) is 0 Å². The van der Waals surface area contributed by atoms with Crippen molar-refractivity contribution >= 4 is 5.91 Å². The van der Waals surface area contributed by atoms with Gasteiger partial charge in [0.2, 0.25) is 5.91 Å². The Morgan fingerprint density at radius 3 is 2.48 bits per heavy atom. The number of hydrogen-bond donors (Lipinski definition) is 1. The molecule has 1 heterocycles. The first-order valence-electron chi connectivity index (χ1n) is 8.92. The van der Waals surface area contributed by atoms with Gasteiger partial charge in [0.15, 0.2) is 0 Å². The highest BCUT2D eigenvalue weighted by Gasteiger charge is 2.31. The van der Waals surface area contributed by atoms with Gasteiger partial charge in [-0.25, -0.2) is 0 Å². The second-order valence-corrected chi connectivity index (χ2v) is 6.81. The molecule has 2 atom stereocenters. The van der Waals surface area contributed by atoms with Crippen molar-refractivity contribution in [1.82, 2.24) is 9.80 Å². The summed E-state index contributed by atoms with van der Waals surface area (Å²) in [5.41, 5.74) is 5.92. The molecule has 122 valence electrons. The van der Waals surface area contributed by atoms with Crippen LogP contribution >= 0.6 is 0 Å². The van der Waals surface area contributed by atoms with E-state index >= 15 is 0 Å². The van der Waals surface area contributed by atoms with E-state index in [1.54, 1.807) is 0 Å². The van der Waals surface area contributed by atoms with E-state index in [0.717, 1.165) is 13.0 Å². The number of nitrogens with two attached hydrogens (primary N) is 1. The lowest BCUT2D eigenvalue weighted by Crippen LogP contribution is -2.54. The monoisotopic (exact) mass is 295 g/mol. The second-order valence-electron chi connectivity index (χ2n) is 6.81. The predicted octanol–water partition coefficient (Wildman–Crippen LogP) is 2.37. The van der Waals surface area contributed by atoms with Gasteiger partial charge in [0.25, 0.3) is 0 Å². The van der Waals surface area contributed by atoms with Crippen LogP contribution in [0.4, 0.5) is 0 Å². The predicted molar refractivity (Wildman–Crippen MR) is 87.1 cm³/mol. The Morgan fingerprint density at radius 2 is 1.86 bits per heavy atom. The molecule has 0 aromatic rings. The third kappa shape index (κ3) is 4.19. The molecule has 1 saturated heterocycles. The third-order valence-corrected chi connectivity index (χ3v) is 5.46. The fourth-order valence-corrected chi connectivity index (χ4v) is 4.16. The molecule has 1 amide bonds. The van der Waals surface area contributed by atoms with Crippen LogP contribution in [-0.4, -0.2) is 53.5 Å². The number of nitrogens with zero attached hydrogens (tertiary/aromatic N) is 2. The molecule has 0 bridgehead atoms. The Morgan fingerprint density at radius 1 is 1.14 bits per heavy atom. The Bertz CT molecular complexity index is 328. The molecule has 0 aromatic heterocycles. The summed E-state index contributed by atoms with van der Waals surface area (Å²) in [5.74, 6) is 0.316. The fraction of sp³-hybridized carbons (Fsp3) is 0.941. The maximum Gasteiger partial charge on any atom is 0.237 e. The van der Waals surface area contributed by atoms with Gasteiger partial charge in [-0.3, -0.25) is 9.69 Å². The molecular weight excluding hydrogens is 262 g/mol. The van der Waals surface area contributed by atoms with Gasteiger partial charge < -0.3 is 10.6 Å². The Hall–Kier alpha value is -0.610. The number of piperidine rings is 1. The lowest BCUT2D eigenvalue weighted by Gasteiger charge is -2.42. The lowest BCUT2D eigenvalue weighted by atomic mass is 9.93. The molecule has 2 unspecified atom stereocenters. The number of amides is 1. The van der Waals surface area contributed by atoms with E-state index in [-0.39, 0.29) is 0 Å². The van der Waals surface area contributed by atoms with E-state index in [4.69, 9.17) is 5.73 Å². The molecule has 4 heteroatoms. The van der Waals surface area contributed by atoms with Crippen molar-refractivity contribution in [2.24, 2.45) is 5.73 Å². The number of carbonyl (C=O) groups excluding carboxylic acids is 1. The SMILES string of the molecule is CCN(C(=O)CN1C(C)CCCC1CN)C1CCCCC1. The summed E-state index contributed by atoms with van der Waals surface area (Å²) in [4.78, 5) is 17.3. The van der Waals surface area contributed by atoms with Crippen LogP contribution in [0.1, 0.15) is 65.2 Å². The highest BCUT2D eigenvalue weighted by Crippen LogP contribution is 2.25. The van der Waals surface area contributed by atoms with Crippen molar-refractivity contribution in [3.05, 3.63) is 0 Å². The maximum absolute atomic E-state index is 12.8. The summed E-state index contributed by atoms with van der Waals surface area (Å²) in [6.07, 6.45) is 9.85. The van der Waals surface area contributed by atoms with Crippen molar-refractivity contribution in [1.29, 1.82) is 0 Å². The summed E-state index contributed by atoms with van der Waals surface area (Å²) in [6, 6.07) is 1.36. The first-order valence-corrected chi connectivity index (χ1v) is 8.92. The van der Waals surface area contributed by atoms with Crippen LogP contribution in [0.5, 0.6) is 0 Å². The number of hydrogen-bond acceptors (Lipinski definition) is 3. The minimum Gasteiger partial charge on any atom is -0.339 e. The van der Waals surface area contributed by atoms with Gasteiger partial charge >= 0.3 is 0 Å². The average molecular weight is 295 g/mol. The van der Waals surface area contributed by atoms with Crippen molar-refractivity contribution in [3.63, 3.8) is 0 Å². The number of likely N-dealkylation sites (N-methyl/N-ethyl adjacent to an activating group) is 1. The first-order chi connectivity index (χ1) is 10.2. The molecule has 1 saturated carbocycles. The molecule has 2 aliphatic rings. The van der Waals surface area contributed by atoms with Crippen LogP contribution in [0.2, 0.25) is 0 Å². The van der Waals surface area contributed by atoms with E-state index < -0.39 is 0 Å². The molecule has 0 aromatic carbocycles. The summed E-state index contributed by atoms with van der Waals surface area (Å²) in [7, 11) is 0. The summed E-state index contributed by atoms with van der Waals surface area (Å²) < 4.78 is 0. The quantitative estimate of drug-likeness (QED) is 0.847. The highest BCUT2D eigenvalue weighted by atomic mass is 16.2. The molecule has 1 aliphatic carbocycles. The molecule has 0 spiro atoms. The molecule has 1 aliphatic heterocycles. The van der Waals surface area contributed by atoms with E-state index in [0.29, 0.717) is 37.1 Å². The van der Waals surface area contributed by atoms with Gasteiger partial charge in [-0.15, -0.1) is 0 Å². The zero-order valence-corrected chi connectivity index (χ0v) is 13.9. The topological polar surface area (TPSA) is 49.6 Å². The van der Waals surface area contributed by atoms with Crippen LogP contribution < -0.4 is 5.73 Å². The van der Waals surface area contributed by atoms with E-state index in [9.17, 15) is 4.79 Å². The van der Waals surface area contributed by atoms with Gasteiger partial charge in [-0.05, 0) is 39.5 Å². The van der Waals surface area contributed by atoms with Gasteiger partial charge in [-0.2, -0.15) is 0 Å². The largest absolute Gasteiger partial charge is 0.339 e. The van der Waals surface area contributed by atoms with Gasteiger partial charge in [-0.1, -0.05) is 25.7 Å². The van der Waals surface area contributed by atoms with Crippen molar-refractivity contribution < 1.29 is 4.79 Å². The molecule has 2 fully saturated rings. The van der Waals surface area contributed by atoms with Crippen LogP contribution in [0, 0.1) is 0 Å². The average Bonchev–Trinajstić information content (AvgIpc) is 2.51. The van der Waals surface area contributed by atoms with Crippen LogP contribution in [0.15, 0.2) is 0 Å². The van der Waals surface area contributed by atoms with Gasteiger partial charge in [0.1, 0.15) is 0 Å². The molecule has 2 N–H and O–H groups in total. The van der Waals surface area contributed by atoms with Crippen LogP contribution in [0.3, 0.4) is 0 Å². The first kappa shape index (κ1) is 16.8.